The van der Waals surface area contributed by atoms with E-state index in [1.54, 1.807) is 12.4 Å². The molecule has 3 aromatic rings. The van der Waals surface area contributed by atoms with Gasteiger partial charge in [0.2, 0.25) is 0 Å². The van der Waals surface area contributed by atoms with Crippen LogP contribution in [0.4, 0.5) is 0 Å². The third-order valence-electron chi connectivity index (χ3n) is 3.19. The van der Waals surface area contributed by atoms with Crippen LogP contribution in [0.5, 0.6) is 0 Å². The summed E-state index contributed by atoms with van der Waals surface area (Å²) in [6.45, 7) is 0.0959. The highest BCUT2D eigenvalue weighted by molar-refractivity contribution is 5.63. The molecule has 4 heteroatoms. The summed E-state index contributed by atoms with van der Waals surface area (Å²) in [5.41, 5.74) is 4.24. The largest absolute Gasteiger partial charge is 0.396 e. The highest BCUT2D eigenvalue weighted by atomic mass is 16.2. The van der Waals surface area contributed by atoms with Crippen LogP contribution in [0.25, 0.3) is 22.8 Å². The lowest BCUT2D eigenvalue weighted by molar-refractivity contribution is 0.299. The van der Waals surface area contributed by atoms with E-state index in [1.165, 1.54) is 0 Å². The first-order valence-corrected chi connectivity index (χ1v) is 6.82. The highest BCUT2D eigenvalue weighted by Crippen LogP contribution is 2.22. The Morgan fingerprint density at radius 1 is 0.762 bits per heavy atom. The van der Waals surface area contributed by atoms with E-state index < -0.39 is 0 Å². The summed E-state index contributed by atoms with van der Waals surface area (Å²) in [5.74, 6) is 0. The number of hydrogen-bond donors (Lipinski definition) is 1. The molecule has 0 saturated heterocycles. The minimum absolute atomic E-state index is 0.0959. The van der Waals surface area contributed by atoms with Gasteiger partial charge in [-0.3, -0.25) is 9.97 Å². The zero-order valence-electron chi connectivity index (χ0n) is 11.5. The van der Waals surface area contributed by atoms with Crippen LogP contribution in [0.1, 0.15) is 5.56 Å². The molecular weight excluding hydrogens is 262 g/mol. The van der Waals surface area contributed by atoms with Crippen LogP contribution in [0.2, 0.25) is 0 Å². The fourth-order valence-corrected chi connectivity index (χ4v) is 2.21. The lowest BCUT2D eigenvalue weighted by Crippen LogP contribution is -1.98. The SMILES string of the molecule is OCCc1cccnc1-c1cccc(-c2ccccn2)n1. The molecule has 21 heavy (non-hydrogen) atoms. The summed E-state index contributed by atoms with van der Waals surface area (Å²) in [6, 6.07) is 15.4. The van der Waals surface area contributed by atoms with Crippen LogP contribution in [0, 0.1) is 0 Å². The molecule has 0 spiro atoms. The van der Waals surface area contributed by atoms with Crippen molar-refractivity contribution in [2.75, 3.05) is 6.61 Å². The molecule has 104 valence electrons. The Bertz CT molecular complexity index is 729. The second kappa shape index (κ2) is 6.24. The molecule has 0 aromatic carbocycles. The molecule has 0 bridgehead atoms. The summed E-state index contributed by atoms with van der Waals surface area (Å²) in [7, 11) is 0. The molecule has 0 saturated carbocycles. The van der Waals surface area contributed by atoms with Gasteiger partial charge in [-0.15, -0.1) is 0 Å². The summed E-state index contributed by atoms with van der Waals surface area (Å²) < 4.78 is 0. The van der Waals surface area contributed by atoms with Gasteiger partial charge in [0.05, 0.1) is 22.8 Å². The first kappa shape index (κ1) is 13.4. The number of hydrogen-bond acceptors (Lipinski definition) is 4. The third kappa shape index (κ3) is 2.95. The van der Waals surface area contributed by atoms with Gasteiger partial charge in [-0.1, -0.05) is 18.2 Å². The zero-order valence-corrected chi connectivity index (χ0v) is 11.5. The van der Waals surface area contributed by atoms with E-state index in [4.69, 9.17) is 5.11 Å². The van der Waals surface area contributed by atoms with E-state index >= 15 is 0 Å². The van der Waals surface area contributed by atoms with Crippen molar-refractivity contribution >= 4 is 0 Å². The Morgan fingerprint density at radius 3 is 2.38 bits per heavy atom. The van der Waals surface area contributed by atoms with E-state index in [0.717, 1.165) is 28.3 Å². The molecule has 0 aliphatic carbocycles. The standard InChI is InChI=1S/C17H15N3O/c21-12-9-13-5-4-11-19-17(13)16-8-3-7-15(20-16)14-6-1-2-10-18-14/h1-8,10-11,21H,9,12H2. The average Bonchev–Trinajstić information content (AvgIpc) is 2.57. The topological polar surface area (TPSA) is 58.9 Å². The maximum absolute atomic E-state index is 9.17. The molecule has 3 aromatic heterocycles. The van der Waals surface area contributed by atoms with E-state index in [2.05, 4.69) is 15.0 Å². The van der Waals surface area contributed by atoms with Crippen molar-refractivity contribution in [2.45, 2.75) is 6.42 Å². The zero-order chi connectivity index (χ0) is 14.5. The van der Waals surface area contributed by atoms with Crippen molar-refractivity contribution in [2.24, 2.45) is 0 Å². The normalized spacial score (nSPS) is 10.5. The van der Waals surface area contributed by atoms with Crippen LogP contribution in [0.15, 0.2) is 60.9 Å². The number of nitrogens with zero attached hydrogens (tertiary/aromatic N) is 3. The molecule has 0 atom stereocenters. The minimum Gasteiger partial charge on any atom is -0.396 e. The van der Waals surface area contributed by atoms with E-state index in [0.29, 0.717) is 6.42 Å². The van der Waals surface area contributed by atoms with Crippen LogP contribution >= 0.6 is 0 Å². The lowest BCUT2D eigenvalue weighted by Gasteiger charge is -2.08. The minimum atomic E-state index is 0.0959. The fraction of sp³-hybridized carbons (Fsp3) is 0.118. The van der Waals surface area contributed by atoms with Crippen molar-refractivity contribution in [3.05, 3.63) is 66.5 Å². The monoisotopic (exact) mass is 277 g/mol. The van der Waals surface area contributed by atoms with Crippen LogP contribution in [-0.2, 0) is 6.42 Å². The molecule has 3 heterocycles. The predicted octanol–water partition coefficient (Wildman–Crippen LogP) is 2.74. The lowest BCUT2D eigenvalue weighted by atomic mass is 10.1. The quantitative estimate of drug-likeness (QED) is 0.796. The number of aliphatic hydroxyl groups excluding tert-OH is 1. The van der Waals surface area contributed by atoms with Gasteiger partial charge in [0.25, 0.3) is 0 Å². The van der Waals surface area contributed by atoms with Crippen LogP contribution < -0.4 is 0 Å². The Morgan fingerprint density at radius 2 is 1.57 bits per heavy atom. The van der Waals surface area contributed by atoms with E-state index in [-0.39, 0.29) is 6.61 Å². The summed E-state index contributed by atoms with van der Waals surface area (Å²) in [4.78, 5) is 13.4. The van der Waals surface area contributed by atoms with Crippen molar-refractivity contribution in [1.29, 1.82) is 0 Å². The van der Waals surface area contributed by atoms with Gasteiger partial charge in [-0.05, 0) is 42.3 Å². The molecule has 0 amide bonds. The van der Waals surface area contributed by atoms with Gasteiger partial charge < -0.3 is 5.11 Å². The maximum Gasteiger partial charge on any atom is 0.0919 e. The summed E-state index contributed by atoms with van der Waals surface area (Å²) in [6.07, 6.45) is 4.06. The Balaban J connectivity index is 2.05. The second-order valence-electron chi connectivity index (χ2n) is 4.61. The summed E-state index contributed by atoms with van der Waals surface area (Å²) >= 11 is 0. The highest BCUT2D eigenvalue weighted by Gasteiger charge is 2.09. The molecule has 0 unspecified atom stereocenters. The number of pyridine rings is 3. The van der Waals surface area contributed by atoms with Gasteiger partial charge >= 0.3 is 0 Å². The van der Waals surface area contributed by atoms with E-state index in [9.17, 15) is 0 Å². The van der Waals surface area contributed by atoms with Gasteiger partial charge in [0, 0.05) is 19.0 Å². The van der Waals surface area contributed by atoms with Gasteiger partial charge in [-0.2, -0.15) is 0 Å². The number of aromatic nitrogens is 3. The maximum atomic E-state index is 9.17. The van der Waals surface area contributed by atoms with E-state index in [1.807, 2.05) is 48.5 Å². The van der Waals surface area contributed by atoms with Crippen LogP contribution in [0.3, 0.4) is 0 Å². The fourth-order valence-electron chi connectivity index (χ4n) is 2.21. The van der Waals surface area contributed by atoms with Gasteiger partial charge in [0.1, 0.15) is 0 Å². The predicted molar refractivity (Wildman–Crippen MR) is 81.5 cm³/mol. The molecule has 4 nitrogen and oxygen atoms in total. The molecule has 0 aliphatic rings. The molecule has 0 radical (unpaired) electrons. The smallest absolute Gasteiger partial charge is 0.0919 e. The second-order valence-corrected chi connectivity index (χ2v) is 4.61. The average molecular weight is 277 g/mol. The van der Waals surface area contributed by atoms with Gasteiger partial charge in [0.15, 0.2) is 0 Å². The molecule has 1 N–H and O–H groups in total. The molecule has 0 aliphatic heterocycles. The third-order valence-corrected chi connectivity index (χ3v) is 3.19. The molecule has 0 fully saturated rings. The number of rotatable bonds is 4. The van der Waals surface area contributed by atoms with Crippen molar-refractivity contribution in [1.82, 2.24) is 15.0 Å². The Labute approximate surface area is 123 Å². The van der Waals surface area contributed by atoms with Crippen molar-refractivity contribution < 1.29 is 5.11 Å². The Hall–Kier alpha value is -2.59. The van der Waals surface area contributed by atoms with Crippen molar-refractivity contribution in [3.8, 4) is 22.8 Å². The summed E-state index contributed by atoms with van der Waals surface area (Å²) in [5, 5.41) is 9.17. The van der Waals surface area contributed by atoms with Crippen LogP contribution in [-0.4, -0.2) is 26.7 Å². The number of aliphatic hydroxyl groups is 1. The Kier molecular flexibility index (Phi) is 3.98. The molecular formula is C17H15N3O. The molecule has 3 rings (SSSR count). The first-order chi connectivity index (χ1) is 10.4. The van der Waals surface area contributed by atoms with Gasteiger partial charge in [-0.25, -0.2) is 4.98 Å². The van der Waals surface area contributed by atoms with Crippen molar-refractivity contribution in [3.63, 3.8) is 0 Å². The first-order valence-electron chi connectivity index (χ1n) is 6.82.